The lowest BCUT2D eigenvalue weighted by atomic mass is 9.69. The van der Waals surface area contributed by atoms with Crippen molar-refractivity contribution in [1.82, 2.24) is 0 Å². The fraction of sp³-hybridized carbons (Fsp3) is 0.312. The van der Waals surface area contributed by atoms with E-state index in [1.807, 2.05) is 38.4 Å². The number of ether oxygens (including phenoxy) is 1. The van der Waals surface area contributed by atoms with Crippen LogP contribution in [0.4, 0.5) is 11.4 Å². The summed E-state index contributed by atoms with van der Waals surface area (Å²) in [5.74, 6) is -0.287. The van der Waals surface area contributed by atoms with Gasteiger partial charge >= 0.3 is 5.97 Å². The summed E-state index contributed by atoms with van der Waals surface area (Å²) in [6.07, 6.45) is 5.74. The van der Waals surface area contributed by atoms with E-state index in [1.165, 1.54) is 47.2 Å². The fourth-order valence-corrected chi connectivity index (χ4v) is 6.53. The van der Waals surface area contributed by atoms with Crippen LogP contribution in [-0.4, -0.2) is 33.1 Å². The van der Waals surface area contributed by atoms with E-state index in [1.54, 1.807) is 0 Å². The van der Waals surface area contributed by atoms with E-state index < -0.39 is 5.41 Å². The largest absolute Gasteiger partial charge is 0.465 e. The van der Waals surface area contributed by atoms with E-state index in [2.05, 4.69) is 58.7 Å². The molecule has 1 fully saturated rings. The van der Waals surface area contributed by atoms with Crippen LogP contribution in [-0.2, 0) is 16.0 Å². The molecule has 0 radical (unpaired) electrons. The number of nitrogens with zero attached hydrogens (tertiary/aromatic N) is 1. The molecule has 0 aliphatic heterocycles. The van der Waals surface area contributed by atoms with E-state index in [9.17, 15) is 9.59 Å². The Balaban J connectivity index is 1.37. The van der Waals surface area contributed by atoms with Crippen LogP contribution in [0.5, 0.6) is 0 Å². The van der Waals surface area contributed by atoms with Crippen molar-refractivity contribution in [3.8, 4) is 11.1 Å². The number of amides is 1. The molecular formula is C32H34N2O3S. The summed E-state index contributed by atoms with van der Waals surface area (Å²) in [5, 5.41) is 4.18. The minimum atomic E-state index is -0.447. The summed E-state index contributed by atoms with van der Waals surface area (Å²) in [5.41, 5.74) is 5.02. The molecule has 4 aromatic rings. The van der Waals surface area contributed by atoms with Gasteiger partial charge in [0.25, 0.3) is 0 Å². The predicted molar refractivity (Wildman–Crippen MR) is 157 cm³/mol. The van der Waals surface area contributed by atoms with Crippen LogP contribution < -0.4 is 10.2 Å². The lowest BCUT2D eigenvalue weighted by Crippen LogP contribution is -2.40. The number of thiophene rings is 1. The van der Waals surface area contributed by atoms with Crippen LogP contribution in [0.15, 0.2) is 72.8 Å². The Morgan fingerprint density at radius 2 is 1.58 bits per heavy atom. The zero-order valence-electron chi connectivity index (χ0n) is 22.3. The van der Waals surface area contributed by atoms with Crippen molar-refractivity contribution >= 4 is 44.7 Å². The molecule has 38 heavy (non-hydrogen) atoms. The van der Waals surface area contributed by atoms with Gasteiger partial charge in [0.1, 0.15) is 4.88 Å². The smallest absolute Gasteiger partial charge is 0.348 e. The normalized spacial score (nSPS) is 14.7. The highest BCUT2D eigenvalue weighted by molar-refractivity contribution is 7.21. The number of carbonyl (C=O) groups excluding carboxylic acids is 2. The molecule has 1 heterocycles. The van der Waals surface area contributed by atoms with Crippen LogP contribution in [0, 0.1) is 5.41 Å². The van der Waals surface area contributed by atoms with Crippen molar-refractivity contribution in [1.29, 1.82) is 0 Å². The first kappa shape index (κ1) is 26.0. The van der Waals surface area contributed by atoms with Gasteiger partial charge in [-0.25, -0.2) is 4.79 Å². The molecule has 1 aliphatic rings. The van der Waals surface area contributed by atoms with Crippen molar-refractivity contribution < 1.29 is 14.3 Å². The average Bonchev–Trinajstić information content (AvgIpc) is 3.39. The third-order valence-electron chi connectivity index (χ3n) is 7.68. The van der Waals surface area contributed by atoms with Gasteiger partial charge < -0.3 is 15.0 Å². The standard InChI is InChI=1S/C32H34N2O3S/c1-34(2)26-16-14-24(15-17-26)23-12-10-22(11-13-23)21-32(18-5-4-6-19-32)31(36)33-27-9-7-8-25-20-28(30(35)37-3)38-29(25)27/h7-17,20H,4-6,18-19,21H2,1-3H3,(H,33,36). The van der Waals surface area contributed by atoms with E-state index >= 15 is 0 Å². The van der Waals surface area contributed by atoms with E-state index in [0.29, 0.717) is 11.3 Å². The van der Waals surface area contributed by atoms with Crippen LogP contribution in [0.3, 0.4) is 0 Å². The highest BCUT2D eigenvalue weighted by Crippen LogP contribution is 2.42. The second-order valence-electron chi connectivity index (χ2n) is 10.4. The zero-order chi connectivity index (χ0) is 26.7. The van der Waals surface area contributed by atoms with Gasteiger partial charge in [0.05, 0.1) is 22.9 Å². The number of esters is 1. The van der Waals surface area contributed by atoms with Crippen molar-refractivity contribution in [3.63, 3.8) is 0 Å². The van der Waals surface area contributed by atoms with Crippen LogP contribution in [0.1, 0.15) is 47.3 Å². The van der Waals surface area contributed by atoms with Crippen molar-refractivity contribution in [2.75, 3.05) is 31.4 Å². The zero-order valence-corrected chi connectivity index (χ0v) is 23.1. The second-order valence-corrected chi connectivity index (χ2v) is 11.5. The fourth-order valence-electron chi connectivity index (χ4n) is 5.49. The lowest BCUT2D eigenvalue weighted by Gasteiger charge is -2.36. The van der Waals surface area contributed by atoms with Gasteiger partial charge in [-0.15, -0.1) is 11.3 Å². The third kappa shape index (κ3) is 5.32. The van der Waals surface area contributed by atoms with Gasteiger partial charge in [0.15, 0.2) is 0 Å². The summed E-state index contributed by atoms with van der Waals surface area (Å²) in [7, 11) is 5.47. The Kier molecular flexibility index (Phi) is 7.52. The monoisotopic (exact) mass is 526 g/mol. The molecule has 5 nitrogen and oxygen atoms in total. The Morgan fingerprint density at radius 3 is 2.21 bits per heavy atom. The Morgan fingerprint density at radius 1 is 0.921 bits per heavy atom. The number of nitrogens with one attached hydrogen (secondary N) is 1. The molecule has 0 bridgehead atoms. The highest BCUT2D eigenvalue weighted by Gasteiger charge is 2.39. The minimum Gasteiger partial charge on any atom is -0.465 e. The maximum Gasteiger partial charge on any atom is 0.348 e. The minimum absolute atomic E-state index is 0.0704. The predicted octanol–water partition coefficient (Wildman–Crippen LogP) is 7.55. The Labute approximate surface area is 228 Å². The van der Waals surface area contributed by atoms with Gasteiger partial charge in [-0.2, -0.15) is 0 Å². The first-order chi connectivity index (χ1) is 18.4. The first-order valence-corrected chi connectivity index (χ1v) is 14.0. The number of benzene rings is 3. The number of rotatable bonds is 7. The number of carbonyl (C=O) groups is 2. The number of methoxy groups -OCH3 is 1. The van der Waals surface area contributed by atoms with E-state index in [0.717, 1.165) is 41.5 Å². The van der Waals surface area contributed by atoms with Crippen LogP contribution >= 0.6 is 11.3 Å². The van der Waals surface area contributed by atoms with Gasteiger partial charge in [-0.05, 0) is 65.6 Å². The topological polar surface area (TPSA) is 58.6 Å². The van der Waals surface area contributed by atoms with Gasteiger partial charge in [0.2, 0.25) is 5.91 Å². The Hall–Kier alpha value is -3.64. The molecule has 3 aromatic carbocycles. The molecule has 196 valence electrons. The SMILES string of the molecule is COC(=O)c1cc2cccc(NC(=O)C3(Cc4ccc(-c5ccc(N(C)C)cc5)cc4)CCCCC3)c2s1. The molecular weight excluding hydrogens is 492 g/mol. The van der Waals surface area contributed by atoms with Gasteiger partial charge in [-0.1, -0.05) is 67.8 Å². The van der Waals surface area contributed by atoms with Crippen LogP contribution in [0.25, 0.3) is 21.2 Å². The van der Waals surface area contributed by atoms with E-state index in [4.69, 9.17) is 4.74 Å². The van der Waals surface area contributed by atoms with E-state index in [-0.39, 0.29) is 11.9 Å². The summed E-state index contributed by atoms with van der Waals surface area (Å²) in [4.78, 5) is 28.6. The highest BCUT2D eigenvalue weighted by atomic mass is 32.1. The third-order valence-corrected chi connectivity index (χ3v) is 8.85. The molecule has 0 unspecified atom stereocenters. The lowest BCUT2D eigenvalue weighted by molar-refractivity contribution is -0.127. The number of hydrogen-bond donors (Lipinski definition) is 1. The molecule has 1 aliphatic carbocycles. The maximum absolute atomic E-state index is 13.9. The summed E-state index contributed by atoms with van der Waals surface area (Å²) in [6, 6.07) is 24.8. The molecule has 5 rings (SSSR count). The number of fused-ring (bicyclic) bond motifs is 1. The molecule has 1 aromatic heterocycles. The molecule has 6 heteroatoms. The summed E-state index contributed by atoms with van der Waals surface area (Å²) < 4.78 is 5.80. The first-order valence-electron chi connectivity index (χ1n) is 13.2. The Bertz CT molecular complexity index is 1430. The number of hydrogen-bond acceptors (Lipinski definition) is 5. The molecule has 0 spiro atoms. The molecule has 1 amide bonds. The average molecular weight is 527 g/mol. The maximum atomic E-state index is 13.9. The molecule has 0 atom stereocenters. The van der Waals surface area contributed by atoms with Crippen LogP contribution in [0.2, 0.25) is 0 Å². The summed E-state index contributed by atoms with van der Waals surface area (Å²) in [6.45, 7) is 0. The van der Waals surface area contributed by atoms with Crippen molar-refractivity contribution in [2.24, 2.45) is 5.41 Å². The quantitative estimate of drug-likeness (QED) is 0.253. The molecule has 0 saturated heterocycles. The van der Waals surface area contributed by atoms with Gasteiger partial charge in [-0.3, -0.25) is 4.79 Å². The van der Waals surface area contributed by atoms with Crippen molar-refractivity contribution in [3.05, 3.63) is 83.2 Å². The van der Waals surface area contributed by atoms with Crippen molar-refractivity contribution in [2.45, 2.75) is 38.5 Å². The summed E-state index contributed by atoms with van der Waals surface area (Å²) >= 11 is 1.36. The molecule has 1 N–H and O–H groups in total. The second kappa shape index (κ2) is 11.0. The van der Waals surface area contributed by atoms with Gasteiger partial charge in [0, 0.05) is 19.8 Å². The molecule has 1 saturated carbocycles. The number of anilines is 2.